The molecule has 4 N–H and O–H groups in total. The number of nitrogens with zero attached hydrogens (tertiary/aromatic N) is 4. The maximum Gasteiger partial charge on any atom is 0.263 e. The number of carbonyl (C=O) groups excluding carboxylic acids is 2. The number of carbonyl (C=O) groups is 2. The van der Waals surface area contributed by atoms with Gasteiger partial charge >= 0.3 is 0 Å². The molecule has 3 aromatic heterocycles. The summed E-state index contributed by atoms with van der Waals surface area (Å²) in [6, 6.07) is 7.91. The molecular weight excluding hydrogens is 488 g/mol. The van der Waals surface area contributed by atoms with Crippen LogP contribution in [0.25, 0.3) is 11.0 Å². The van der Waals surface area contributed by atoms with Gasteiger partial charge in [-0.25, -0.2) is 0 Å². The normalized spacial score (nSPS) is 13.1. The molecule has 2 amide bonds. The lowest BCUT2D eigenvalue weighted by Gasteiger charge is -2.31. The van der Waals surface area contributed by atoms with Crippen molar-refractivity contribution in [1.82, 2.24) is 25.2 Å². The number of anilines is 5. The monoisotopic (exact) mass is 518 g/mol. The summed E-state index contributed by atoms with van der Waals surface area (Å²) in [6.07, 6.45) is 3.69. The van der Waals surface area contributed by atoms with E-state index < -0.39 is 0 Å². The lowest BCUT2D eigenvalue weighted by atomic mass is 9.98. The van der Waals surface area contributed by atoms with E-state index in [1.807, 2.05) is 54.4 Å². The second-order valence-electron chi connectivity index (χ2n) is 9.31. The number of hydrogen-bond donors (Lipinski definition) is 4. The highest BCUT2D eigenvalue weighted by molar-refractivity contribution is 7.12. The maximum absolute atomic E-state index is 12.9. The first kappa shape index (κ1) is 24.7. The van der Waals surface area contributed by atoms with Crippen molar-refractivity contribution in [1.29, 1.82) is 0 Å². The van der Waals surface area contributed by atoms with Gasteiger partial charge in [-0.3, -0.25) is 9.59 Å². The Morgan fingerprint density at radius 2 is 2.00 bits per heavy atom. The minimum Gasteiger partial charge on any atom is -0.354 e. The van der Waals surface area contributed by atoms with E-state index in [0.29, 0.717) is 41.1 Å². The highest BCUT2D eigenvalue weighted by Crippen LogP contribution is 2.35. The van der Waals surface area contributed by atoms with Crippen LogP contribution >= 0.6 is 11.3 Å². The van der Waals surface area contributed by atoms with Crippen molar-refractivity contribution in [2.45, 2.75) is 19.8 Å². The Labute approximate surface area is 219 Å². The number of amides is 2. The predicted octanol–water partition coefficient (Wildman–Crippen LogP) is 4.02. The maximum atomic E-state index is 12.9. The Bertz CT molecular complexity index is 1470. The molecule has 192 valence electrons. The Morgan fingerprint density at radius 1 is 1.16 bits per heavy atom. The fourth-order valence-electron chi connectivity index (χ4n) is 4.54. The molecule has 5 rings (SSSR count). The van der Waals surface area contributed by atoms with Crippen LogP contribution in [0.2, 0.25) is 0 Å². The Morgan fingerprint density at radius 3 is 2.78 bits per heavy atom. The Hall–Kier alpha value is -3.96. The molecule has 0 saturated heterocycles. The SMILES string of the molecule is CNC(=O)c1sccc1Nc1nc(Nc2cc3c(cc2C)CCCN3C(=O)CN(C)C)nc2[nH]ccc12. The molecule has 0 aliphatic carbocycles. The quantitative estimate of drug-likeness (QED) is 0.292. The van der Waals surface area contributed by atoms with E-state index in [1.165, 1.54) is 16.9 Å². The van der Waals surface area contributed by atoms with Gasteiger partial charge in [-0.15, -0.1) is 11.3 Å². The zero-order chi connectivity index (χ0) is 26.1. The summed E-state index contributed by atoms with van der Waals surface area (Å²) in [5.41, 5.74) is 5.32. The van der Waals surface area contributed by atoms with Crippen molar-refractivity contribution < 1.29 is 9.59 Å². The lowest BCUT2D eigenvalue weighted by Crippen LogP contribution is -2.40. The minimum atomic E-state index is -0.159. The fraction of sp³-hybridized carbons (Fsp3) is 0.308. The van der Waals surface area contributed by atoms with E-state index in [1.54, 1.807) is 13.2 Å². The van der Waals surface area contributed by atoms with Crippen LogP contribution in [0.15, 0.2) is 35.8 Å². The molecule has 0 unspecified atom stereocenters. The minimum absolute atomic E-state index is 0.0824. The summed E-state index contributed by atoms with van der Waals surface area (Å²) in [6.45, 7) is 3.10. The van der Waals surface area contributed by atoms with Gasteiger partial charge in [-0.2, -0.15) is 9.97 Å². The van der Waals surface area contributed by atoms with Crippen molar-refractivity contribution in [2.24, 2.45) is 0 Å². The smallest absolute Gasteiger partial charge is 0.263 e. The van der Waals surface area contributed by atoms with Gasteiger partial charge in [0.05, 0.1) is 17.6 Å². The van der Waals surface area contributed by atoms with Crippen LogP contribution in [-0.4, -0.2) is 65.9 Å². The number of fused-ring (bicyclic) bond motifs is 2. The number of nitrogens with one attached hydrogen (secondary N) is 4. The molecule has 0 saturated carbocycles. The molecule has 4 aromatic rings. The van der Waals surface area contributed by atoms with Crippen molar-refractivity contribution in [2.75, 3.05) is 49.8 Å². The van der Waals surface area contributed by atoms with Gasteiger partial charge in [0.15, 0.2) is 0 Å². The summed E-state index contributed by atoms with van der Waals surface area (Å²) in [5.74, 6) is 0.905. The summed E-state index contributed by atoms with van der Waals surface area (Å²) < 4.78 is 0. The summed E-state index contributed by atoms with van der Waals surface area (Å²) in [5, 5.41) is 12.0. The third kappa shape index (κ3) is 5.00. The van der Waals surface area contributed by atoms with E-state index in [-0.39, 0.29) is 11.8 Å². The van der Waals surface area contributed by atoms with Crippen LogP contribution in [0.5, 0.6) is 0 Å². The number of benzene rings is 1. The lowest BCUT2D eigenvalue weighted by molar-refractivity contribution is -0.119. The van der Waals surface area contributed by atoms with Crippen molar-refractivity contribution in [3.63, 3.8) is 0 Å². The summed E-state index contributed by atoms with van der Waals surface area (Å²) in [4.78, 5) is 42.1. The van der Waals surface area contributed by atoms with Crippen LogP contribution in [0, 0.1) is 6.92 Å². The number of hydrogen-bond acceptors (Lipinski definition) is 8. The van der Waals surface area contributed by atoms with Crippen molar-refractivity contribution in [3.05, 3.63) is 51.8 Å². The number of likely N-dealkylation sites (N-methyl/N-ethyl adjacent to an activating group) is 1. The van der Waals surface area contributed by atoms with Crippen LogP contribution in [0.3, 0.4) is 0 Å². The van der Waals surface area contributed by atoms with Gasteiger partial charge in [0.2, 0.25) is 11.9 Å². The molecule has 0 fully saturated rings. The molecule has 1 aliphatic heterocycles. The zero-order valence-corrected chi connectivity index (χ0v) is 22.1. The molecule has 0 radical (unpaired) electrons. The topological polar surface area (TPSA) is 118 Å². The van der Waals surface area contributed by atoms with E-state index in [9.17, 15) is 9.59 Å². The van der Waals surface area contributed by atoms with E-state index >= 15 is 0 Å². The van der Waals surface area contributed by atoms with Crippen LogP contribution in [0.4, 0.5) is 28.8 Å². The number of rotatable bonds is 7. The first-order valence-electron chi connectivity index (χ1n) is 12.1. The highest BCUT2D eigenvalue weighted by Gasteiger charge is 2.24. The van der Waals surface area contributed by atoms with E-state index in [4.69, 9.17) is 4.98 Å². The van der Waals surface area contributed by atoms with E-state index in [2.05, 4.69) is 32.0 Å². The second-order valence-corrected chi connectivity index (χ2v) is 10.2. The third-order valence-electron chi connectivity index (χ3n) is 6.31. The number of aryl methyl sites for hydroxylation is 2. The molecule has 1 aliphatic rings. The van der Waals surface area contributed by atoms with Gasteiger partial charge < -0.3 is 30.7 Å². The van der Waals surface area contributed by atoms with Gasteiger partial charge in [-0.1, -0.05) is 6.07 Å². The molecule has 10 nitrogen and oxygen atoms in total. The van der Waals surface area contributed by atoms with E-state index in [0.717, 1.165) is 35.2 Å². The van der Waals surface area contributed by atoms with Crippen molar-refractivity contribution in [3.8, 4) is 0 Å². The van der Waals surface area contributed by atoms with Gasteiger partial charge in [0.25, 0.3) is 5.91 Å². The van der Waals surface area contributed by atoms with Crippen LogP contribution in [0.1, 0.15) is 27.2 Å². The molecular formula is C26H30N8O2S. The predicted molar refractivity (Wildman–Crippen MR) is 149 cm³/mol. The van der Waals surface area contributed by atoms with Gasteiger partial charge in [0, 0.05) is 31.2 Å². The molecule has 37 heavy (non-hydrogen) atoms. The van der Waals surface area contributed by atoms with Gasteiger partial charge in [0.1, 0.15) is 16.3 Å². The summed E-state index contributed by atoms with van der Waals surface area (Å²) in [7, 11) is 5.41. The average Bonchev–Trinajstić information content (AvgIpc) is 3.53. The molecule has 0 bridgehead atoms. The average molecular weight is 519 g/mol. The molecule has 0 atom stereocenters. The first-order chi connectivity index (χ1) is 17.8. The molecule has 0 spiro atoms. The first-order valence-corrected chi connectivity index (χ1v) is 13.0. The number of aromatic nitrogens is 3. The number of H-pyrrole nitrogens is 1. The van der Waals surface area contributed by atoms with Crippen LogP contribution < -0.4 is 20.9 Å². The third-order valence-corrected chi connectivity index (χ3v) is 7.22. The molecule has 4 heterocycles. The fourth-order valence-corrected chi connectivity index (χ4v) is 5.34. The number of thiophene rings is 1. The molecule has 1 aromatic carbocycles. The second kappa shape index (κ2) is 10.2. The Kier molecular flexibility index (Phi) is 6.81. The van der Waals surface area contributed by atoms with Gasteiger partial charge in [-0.05, 0) is 68.6 Å². The van der Waals surface area contributed by atoms with Crippen molar-refractivity contribution >= 4 is 63.0 Å². The zero-order valence-electron chi connectivity index (χ0n) is 21.3. The number of aromatic amines is 1. The largest absolute Gasteiger partial charge is 0.354 e. The molecule has 11 heteroatoms. The Balaban J connectivity index is 1.49. The standard InChI is InChI=1S/C26H30N8O2S/c1-15-12-16-6-5-10-34(21(35)14-33(3)4)20(16)13-19(15)30-26-31-23-17(7-9-28-23)24(32-26)29-18-8-11-37-22(18)25(36)27-2/h7-9,11-13H,5-6,10,14H2,1-4H3,(H,27,36)(H3,28,29,30,31,32). The van der Waals surface area contributed by atoms with Crippen LogP contribution in [-0.2, 0) is 11.2 Å². The highest BCUT2D eigenvalue weighted by atomic mass is 32.1. The summed E-state index contributed by atoms with van der Waals surface area (Å²) >= 11 is 1.36.